The minimum absolute atomic E-state index is 0.111. The van der Waals surface area contributed by atoms with E-state index in [1.54, 1.807) is 13.0 Å². The zero-order valence-corrected chi connectivity index (χ0v) is 10.1. The lowest BCUT2D eigenvalue weighted by molar-refractivity contribution is -0.141. The Morgan fingerprint density at radius 1 is 1.44 bits per heavy atom. The van der Waals surface area contributed by atoms with Crippen LogP contribution in [0.25, 0.3) is 0 Å². The van der Waals surface area contributed by atoms with E-state index in [4.69, 9.17) is 10.8 Å². The smallest absolute Gasteiger partial charge is 0.306 e. The minimum Gasteiger partial charge on any atom is -0.481 e. The van der Waals surface area contributed by atoms with Crippen molar-refractivity contribution < 1.29 is 14.7 Å². The standard InChI is InChI=1S/C11H16N4O3/c1-7(11(17)18)3-2-6-13-9-5-4-8(10(12)16)14-15-9/h4-5,7H,2-3,6H2,1H3,(H2,12,16)(H,13,15)(H,17,18). The molecule has 0 bridgehead atoms. The maximum Gasteiger partial charge on any atom is 0.306 e. The topological polar surface area (TPSA) is 118 Å². The van der Waals surface area contributed by atoms with Crippen molar-refractivity contribution in [3.63, 3.8) is 0 Å². The Bertz CT molecular complexity index is 419. The molecule has 0 aliphatic carbocycles. The molecule has 1 aromatic heterocycles. The summed E-state index contributed by atoms with van der Waals surface area (Å²) in [4.78, 5) is 21.3. The molecule has 1 heterocycles. The van der Waals surface area contributed by atoms with E-state index in [2.05, 4.69) is 15.5 Å². The lowest BCUT2D eigenvalue weighted by Crippen LogP contribution is -2.15. The van der Waals surface area contributed by atoms with Crippen LogP contribution in [0.3, 0.4) is 0 Å². The van der Waals surface area contributed by atoms with Crippen molar-refractivity contribution >= 4 is 17.7 Å². The van der Waals surface area contributed by atoms with Gasteiger partial charge in [0, 0.05) is 6.54 Å². The molecule has 0 aliphatic heterocycles. The summed E-state index contributed by atoms with van der Waals surface area (Å²) in [6.45, 7) is 2.27. The maximum absolute atomic E-state index is 10.8. The van der Waals surface area contributed by atoms with E-state index in [0.29, 0.717) is 25.2 Å². The fourth-order valence-corrected chi connectivity index (χ4v) is 1.31. The van der Waals surface area contributed by atoms with Crippen molar-refractivity contribution in [1.82, 2.24) is 10.2 Å². The average Bonchev–Trinajstić information content (AvgIpc) is 2.34. The highest BCUT2D eigenvalue weighted by Gasteiger charge is 2.09. The number of hydrogen-bond donors (Lipinski definition) is 3. The Hall–Kier alpha value is -2.18. The molecule has 1 amide bonds. The third-order valence-electron chi connectivity index (χ3n) is 2.46. The second kappa shape index (κ2) is 6.53. The number of nitrogens with two attached hydrogens (primary N) is 1. The van der Waals surface area contributed by atoms with Crippen LogP contribution in [0.4, 0.5) is 5.82 Å². The van der Waals surface area contributed by atoms with Crippen LogP contribution in [0.15, 0.2) is 12.1 Å². The summed E-state index contributed by atoms with van der Waals surface area (Å²) in [7, 11) is 0. The number of rotatable bonds is 7. The normalized spacial score (nSPS) is 11.8. The van der Waals surface area contributed by atoms with Crippen molar-refractivity contribution in [1.29, 1.82) is 0 Å². The molecule has 1 aromatic rings. The van der Waals surface area contributed by atoms with Crippen LogP contribution in [-0.4, -0.2) is 33.7 Å². The molecule has 4 N–H and O–H groups in total. The molecule has 98 valence electrons. The number of primary amides is 1. The summed E-state index contributed by atoms with van der Waals surface area (Å²) < 4.78 is 0. The minimum atomic E-state index is -0.791. The molecule has 18 heavy (non-hydrogen) atoms. The van der Waals surface area contributed by atoms with E-state index in [-0.39, 0.29) is 11.6 Å². The van der Waals surface area contributed by atoms with Crippen molar-refractivity contribution in [3.05, 3.63) is 17.8 Å². The quantitative estimate of drug-likeness (QED) is 0.608. The second-order valence-corrected chi connectivity index (χ2v) is 3.98. The van der Waals surface area contributed by atoms with E-state index in [9.17, 15) is 9.59 Å². The van der Waals surface area contributed by atoms with Gasteiger partial charge in [0.2, 0.25) is 0 Å². The van der Waals surface area contributed by atoms with Crippen LogP contribution < -0.4 is 11.1 Å². The number of aromatic nitrogens is 2. The summed E-state index contributed by atoms with van der Waals surface area (Å²) in [5, 5.41) is 19.1. The Morgan fingerprint density at radius 2 is 2.17 bits per heavy atom. The van der Waals surface area contributed by atoms with Gasteiger partial charge in [0.05, 0.1) is 5.92 Å². The van der Waals surface area contributed by atoms with Crippen LogP contribution in [0.5, 0.6) is 0 Å². The Morgan fingerprint density at radius 3 is 2.67 bits per heavy atom. The third-order valence-corrected chi connectivity index (χ3v) is 2.46. The Kier molecular flexibility index (Phi) is 5.04. The van der Waals surface area contributed by atoms with Gasteiger partial charge in [0.1, 0.15) is 5.82 Å². The van der Waals surface area contributed by atoms with Crippen molar-refractivity contribution in [2.24, 2.45) is 11.7 Å². The number of carboxylic acid groups (broad SMARTS) is 1. The second-order valence-electron chi connectivity index (χ2n) is 3.98. The van der Waals surface area contributed by atoms with Crippen LogP contribution in [0.1, 0.15) is 30.3 Å². The van der Waals surface area contributed by atoms with Gasteiger partial charge in [-0.15, -0.1) is 10.2 Å². The number of nitrogens with one attached hydrogen (secondary N) is 1. The summed E-state index contributed by atoms with van der Waals surface area (Å²) in [5.74, 6) is -1.23. The lowest BCUT2D eigenvalue weighted by atomic mass is 10.1. The predicted octanol–water partition coefficient (Wildman–Crippen LogP) is 0.488. The molecule has 1 unspecified atom stereocenters. The van der Waals surface area contributed by atoms with Gasteiger partial charge in [-0.1, -0.05) is 6.92 Å². The van der Waals surface area contributed by atoms with Crippen molar-refractivity contribution in [2.75, 3.05) is 11.9 Å². The lowest BCUT2D eigenvalue weighted by Gasteiger charge is -2.07. The van der Waals surface area contributed by atoms with E-state index in [1.807, 2.05) is 0 Å². The summed E-state index contributed by atoms with van der Waals surface area (Å²) in [6, 6.07) is 3.09. The van der Waals surface area contributed by atoms with Crippen LogP contribution in [0.2, 0.25) is 0 Å². The first-order chi connectivity index (χ1) is 8.50. The van der Waals surface area contributed by atoms with Crippen LogP contribution in [0, 0.1) is 5.92 Å². The van der Waals surface area contributed by atoms with E-state index < -0.39 is 11.9 Å². The predicted molar refractivity (Wildman–Crippen MR) is 65.1 cm³/mol. The molecule has 0 fully saturated rings. The molecular formula is C11H16N4O3. The van der Waals surface area contributed by atoms with Gasteiger partial charge >= 0.3 is 5.97 Å². The maximum atomic E-state index is 10.8. The van der Waals surface area contributed by atoms with E-state index in [1.165, 1.54) is 6.07 Å². The average molecular weight is 252 g/mol. The highest BCUT2D eigenvalue weighted by Crippen LogP contribution is 2.07. The summed E-state index contributed by atoms with van der Waals surface area (Å²) in [6.07, 6.45) is 1.31. The summed E-state index contributed by atoms with van der Waals surface area (Å²) in [5.41, 5.74) is 5.14. The molecule has 0 radical (unpaired) electrons. The van der Waals surface area contributed by atoms with Crippen LogP contribution in [-0.2, 0) is 4.79 Å². The van der Waals surface area contributed by atoms with E-state index >= 15 is 0 Å². The molecule has 0 aromatic carbocycles. The van der Waals surface area contributed by atoms with Gasteiger partial charge in [0.15, 0.2) is 5.69 Å². The van der Waals surface area contributed by atoms with Gasteiger partial charge in [0.25, 0.3) is 5.91 Å². The zero-order valence-electron chi connectivity index (χ0n) is 10.1. The molecular weight excluding hydrogens is 236 g/mol. The zero-order chi connectivity index (χ0) is 13.5. The van der Waals surface area contributed by atoms with Crippen molar-refractivity contribution in [2.45, 2.75) is 19.8 Å². The fraction of sp³-hybridized carbons (Fsp3) is 0.455. The van der Waals surface area contributed by atoms with Gasteiger partial charge in [-0.05, 0) is 25.0 Å². The highest BCUT2D eigenvalue weighted by molar-refractivity contribution is 5.90. The first-order valence-electron chi connectivity index (χ1n) is 5.61. The number of hydrogen-bond acceptors (Lipinski definition) is 5. The molecule has 7 nitrogen and oxygen atoms in total. The van der Waals surface area contributed by atoms with Gasteiger partial charge in [-0.25, -0.2) is 0 Å². The Balaban J connectivity index is 2.31. The number of carbonyl (C=O) groups is 2. The monoisotopic (exact) mass is 252 g/mol. The molecule has 0 aliphatic rings. The SMILES string of the molecule is CC(CCCNc1ccc(C(N)=O)nn1)C(=O)O. The van der Waals surface area contributed by atoms with E-state index in [0.717, 1.165) is 0 Å². The van der Waals surface area contributed by atoms with Gasteiger partial charge in [-0.3, -0.25) is 9.59 Å². The number of carbonyl (C=O) groups excluding carboxylic acids is 1. The molecule has 0 saturated heterocycles. The van der Waals surface area contributed by atoms with Crippen molar-refractivity contribution in [3.8, 4) is 0 Å². The largest absolute Gasteiger partial charge is 0.481 e. The highest BCUT2D eigenvalue weighted by atomic mass is 16.4. The number of carboxylic acids is 1. The number of anilines is 1. The van der Waals surface area contributed by atoms with Gasteiger partial charge < -0.3 is 16.2 Å². The van der Waals surface area contributed by atoms with Gasteiger partial charge in [-0.2, -0.15) is 0 Å². The first-order valence-corrected chi connectivity index (χ1v) is 5.61. The number of aliphatic carboxylic acids is 1. The third kappa shape index (κ3) is 4.36. The molecule has 7 heteroatoms. The molecule has 0 saturated carbocycles. The molecule has 0 spiro atoms. The van der Waals surface area contributed by atoms with Crippen LogP contribution >= 0.6 is 0 Å². The first kappa shape index (κ1) is 13.9. The summed E-state index contributed by atoms with van der Waals surface area (Å²) >= 11 is 0. The number of nitrogens with zero attached hydrogens (tertiary/aromatic N) is 2. The fourth-order valence-electron chi connectivity index (χ4n) is 1.31. The number of amides is 1. The Labute approximate surface area is 104 Å². The molecule has 1 atom stereocenters. The molecule has 1 rings (SSSR count).